The first-order valence-corrected chi connectivity index (χ1v) is 6.82. The van der Waals surface area contributed by atoms with Crippen LogP contribution in [0.1, 0.15) is 5.56 Å². The molecule has 1 aromatic heterocycles. The van der Waals surface area contributed by atoms with Crippen LogP contribution in [0.2, 0.25) is 0 Å². The van der Waals surface area contributed by atoms with Crippen LogP contribution < -0.4 is 5.32 Å². The van der Waals surface area contributed by atoms with Gasteiger partial charge in [0.05, 0.1) is 0 Å². The largest absolute Gasteiger partial charge is 0.357 e. The average molecular weight is 246 g/mol. The van der Waals surface area contributed by atoms with E-state index in [1.54, 1.807) is 0 Å². The number of aryl methyl sites for hydroxylation is 1. The molecule has 1 heterocycles. The topological polar surface area (TPSA) is 17.0 Å². The molecular formula is C14H18N2S. The second kappa shape index (κ2) is 6.52. The highest BCUT2D eigenvalue weighted by molar-refractivity contribution is 7.99. The van der Waals surface area contributed by atoms with E-state index >= 15 is 0 Å². The van der Waals surface area contributed by atoms with Crippen molar-refractivity contribution in [3.63, 3.8) is 0 Å². The first-order valence-electron chi connectivity index (χ1n) is 5.84. The third-order valence-electron chi connectivity index (χ3n) is 2.51. The Morgan fingerprint density at radius 1 is 1.18 bits per heavy atom. The minimum atomic E-state index is 0.955. The molecule has 2 rings (SSSR count). The van der Waals surface area contributed by atoms with Crippen molar-refractivity contribution in [2.24, 2.45) is 7.05 Å². The van der Waals surface area contributed by atoms with Crippen molar-refractivity contribution in [1.29, 1.82) is 0 Å². The molecular weight excluding hydrogens is 228 g/mol. The lowest BCUT2D eigenvalue weighted by Gasteiger charge is -2.03. The van der Waals surface area contributed by atoms with Crippen LogP contribution in [0.5, 0.6) is 0 Å². The van der Waals surface area contributed by atoms with E-state index in [1.165, 1.54) is 10.5 Å². The third-order valence-corrected chi connectivity index (χ3v) is 3.53. The molecule has 1 N–H and O–H groups in total. The SMILES string of the molecule is Cn1ccc(CNCCSc2ccccc2)c1. The van der Waals surface area contributed by atoms with Crippen LogP contribution in [-0.4, -0.2) is 16.9 Å². The number of thioether (sulfide) groups is 1. The first-order chi connectivity index (χ1) is 8.34. The molecule has 0 fully saturated rings. The normalized spacial score (nSPS) is 10.6. The predicted molar refractivity (Wildman–Crippen MR) is 74.3 cm³/mol. The lowest BCUT2D eigenvalue weighted by molar-refractivity contribution is 0.730. The van der Waals surface area contributed by atoms with E-state index in [9.17, 15) is 0 Å². The highest BCUT2D eigenvalue weighted by atomic mass is 32.2. The summed E-state index contributed by atoms with van der Waals surface area (Å²) >= 11 is 1.89. The molecule has 17 heavy (non-hydrogen) atoms. The second-order valence-corrected chi connectivity index (χ2v) is 5.19. The fraction of sp³-hybridized carbons (Fsp3) is 0.286. The van der Waals surface area contributed by atoms with Crippen molar-refractivity contribution in [1.82, 2.24) is 9.88 Å². The zero-order chi connectivity index (χ0) is 11.9. The molecule has 0 bridgehead atoms. The van der Waals surface area contributed by atoms with Gasteiger partial charge in [0, 0.05) is 43.2 Å². The van der Waals surface area contributed by atoms with E-state index < -0.39 is 0 Å². The Labute approximate surface area is 107 Å². The molecule has 2 aromatic rings. The molecule has 0 radical (unpaired) electrons. The molecule has 0 amide bonds. The maximum absolute atomic E-state index is 3.45. The Morgan fingerprint density at radius 3 is 2.71 bits per heavy atom. The van der Waals surface area contributed by atoms with E-state index in [4.69, 9.17) is 0 Å². The van der Waals surface area contributed by atoms with Crippen molar-refractivity contribution in [2.45, 2.75) is 11.4 Å². The molecule has 0 aliphatic carbocycles. The smallest absolute Gasteiger partial charge is 0.0220 e. The van der Waals surface area contributed by atoms with Crippen LogP contribution >= 0.6 is 11.8 Å². The van der Waals surface area contributed by atoms with Crippen molar-refractivity contribution >= 4 is 11.8 Å². The number of hydrogen-bond acceptors (Lipinski definition) is 2. The number of nitrogens with zero attached hydrogens (tertiary/aromatic N) is 1. The van der Waals surface area contributed by atoms with Gasteiger partial charge in [-0.25, -0.2) is 0 Å². The Hall–Kier alpha value is -1.19. The molecule has 0 aliphatic rings. The molecule has 0 aliphatic heterocycles. The van der Waals surface area contributed by atoms with E-state index in [1.807, 2.05) is 11.8 Å². The minimum Gasteiger partial charge on any atom is -0.357 e. The number of nitrogens with one attached hydrogen (secondary N) is 1. The highest BCUT2D eigenvalue weighted by Gasteiger charge is 1.95. The van der Waals surface area contributed by atoms with Gasteiger partial charge in [-0.1, -0.05) is 18.2 Å². The standard InChI is InChI=1S/C14H18N2S/c1-16-9-7-13(12-16)11-15-8-10-17-14-5-3-2-4-6-14/h2-7,9,12,15H,8,10-11H2,1H3. The van der Waals surface area contributed by atoms with Gasteiger partial charge in [0.1, 0.15) is 0 Å². The van der Waals surface area contributed by atoms with Crippen LogP contribution in [0.3, 0.4) is 0 Å². The van der Waals surface area contributed by atoms with Gasteiger partial charge in [0.25, 0.3) is 0 Å². The lowest BCUT2D eigenvalue weighted by Crippen LogP contribution is -2.16. The van der Waals surface area contributed by atoms with Gasteiger partial charge >= 0.3 is 0 Å². The Bertz CT molecular complexity index is 436. The Kier molecular flexibility index (Phi) is 4.71. The van der Waals surface area contributed by atoms with Crippen LogP contribution in [0, 0.1) is 0 Å². The van der Waals surface area contributed by atoms with Crippen molar-refractivity contribution < 1.29 is 0 Å². The van der Waals surface area contributed by atoms with Crippen LogP contribution in [0.4, 0.5) is 0 Å². The zero-order valence-electron chi connectivity index (χ0n) is 10.1. The number of rotatable bonds is 6. The van der Waals surface area contributed by atoms with Crippen molar-refractivity contribution in [2.75, 3.05) is 12.3 Å². The summed E-state index contributed by atoms with van der Waals surface area (Å²) in [6, 6.07) is 12.7. The molecule has 0 spiro atoms. The maximum atomic E-state index is 3.45. The van der Waals surface area contributed by atoms with E-state index in [2.05, 4.69) is 65.7 Å². The van der Waals surface area contributed by atoms with Gasteiger partial charge < -0.3 is 9.88 Å². The molecule has 1 aromatic carbocycles. The number of hydrogen-bond donors (Lipinski definition) is 1. The summed E-state index contributed by atoms with van der Waals surface area (Å²) in [7, 11) is 2.05. The number of benzene rings is 1. The second-order valence-electron chi connectivity index (χ2n) is 4.02. The maximum Gasteiger partial charge on any atom is 0.0220 e. The molecule has 0 atom stereocenters. The molecule has 3 heteroatoms. The predicted octanol–water partition coefficient (Wildman–Crippen LogP) is 2.91. The third kappa shape index (κ3) is 4.29. The van der Waals surface area contributed by atoms with Crippen LogP contribution in [0.25, 0.3) is 0 Å². The van der Waals surface area contributed by atoms with Crippen LogP contribution in [0.15, 0.2) is 53.7 Å². The molecule has 90 valence electrons. The van der Waals surface area contributed by atoms with Gasteiger partial charge in [-0.15, -0.1) is 11.8 Å². The summed E-state index contributed by atoms with van der Waals surface area (Å²) in [6.07, 6.45) is 4.23. The monoisotopic (exact) mass is 246 g/mol. The molecule has 0 saturated heterocycles. The van der Waals surface area contributed by atoms with Gasteiger partial charge in [-0.05, 0) is 23.8 Å². The van der Waals surface area contributed by atoms with E-state index in [0.29, 0.717) is 0 Å². The average Bonchev–Trinajstić information content (AvgIpc) is 2.76. The summed E-state index contributed by atoms with van der Waals surface area (Å²) < 4.78 is 2.08. The summed E-state index contributed by atoms with van der Waals surface area (Å²) in [5.41, 5.74) is 1.34. The molecule has 0 saturated carbocycles. The van der Waals surface area contributed by atoms with Crippen molar-refractivity contribution in [3.05, 3.63) is 54.4 Å². The summed E-state index contributed by atoms with van der Waals surface area (Å²) in [5.74, 6) is 1.11. The first kappa shape index (κ1) is 12.3. The summed E-state index contributed by atoms with van der Waals surface area (Å²) in [5, 5.41) is 3.45. The van der Waals surface area contributed by atoms with Gasteiger partial charge in [-0.2, -0.15) is 0 Å². The number of aromatic nitrogens is 1. The minimum absolute atomic E-state index is 0.955. The van der Waals surface area contributed by atoms with Crippen molar-refractivity contribution in [3.8, 4) is 0 Å². The van der Waals surface area contributed by atoms with Gasteiger partial charge in [-0.3, -0.25) is 0 Å². The zero-order valence-corrected chi connectivity index (χ0v) is 10.9. The van der Waals surface area contributed by atoms with E-state index in [0.717, 1.165) is 18.8 Å². The van der Waals surface area contributed by atoms with Crippen LogP contribution in [-0.2, 0) is 13.6 Å². The van der Waals surface area contributed by atoms with Gasteiger partial charge in [0.15, 0.2) is 0 Å². The fourth-order valence-corrected chi connectivity index (χ4v) is 2.49. The van der Waals surface area contributed by atoms with Gasteiger partial charge in [0.2, 0.25) is 0 Å². The van der Waals surface area contributed by atoms with E-state index in [-0.39, 0.29) is 0 Å². The summed E-state index contributed by atoms with van der Waals surface area (Å²) in [6.45, 7) is 1.99. The highest BCUT2D eigenvalue weighted by Crippen LogP contribution is 2.15. The Morgan fingerprint density at radius 2 is 2.00 bits per heavy atom. The summed E-state index contributed by atoms with van der Waals surface area (Å²) in [4.78, 5) is 1.34. The lowest BCUT2D eigenvalue weighted by atomic mass is 10.3. The molecule has 0 unspecified atom stereocenters. The quantitative estimate of drug-likeness (QED) is 0.623. The fourth-order valence-electron chi connectivity index (χ4n) is 1.66. The molecule has 2 nitrogen and oxygen atoms in total. The Balaban J connectivity index is 1.61.